The van der Waals surface area contributed by atoms with Crippen LogP contribution in [0.25, 0.3) is 0 Å². The summed E-state index contributed by atoms with van der Waals surface area (Å²) in [5.74, 6) is 0.143. The molecule has 3 rings (SSSR count). The maximum Gasteiger partial charge on any atom is 0.410 e. The van der Waals surface area contributed by atoms with Crippen LogP contribution in [0.5, 0.6) is 5.88 Å². The molecule has 2 heterocycles. The van der Waals surface area contributed by atoms with Crippen LogP contribution in [0, 0.1) is 0 Å². The molecule has 1 atom stereocenters. The van der Waals surface area contributed by atoms with Crippen LogP contribution in [0.2, 0.25) is 5.15 Å². The van der Waals surface area contributed by atoms with Gasteiger partial charge in [0.1, 0.15) is 22.4 Å². The molecular formula is C20H28ClN3O4. The van der Waals surface area contributed by atoms with Gasteiger partial charge in [-0.1, -0.05) is 11.6 Å². The Hall–Kier alpha value is -2.02. The van der Waals surface area contributed by atoms with E-state index in [1.54, 1.807) is 29.0 Å². The Morgan fingerprint density at radius 1 is 1.25 bits per heavy atom. The summed E-state index contributed by atoms with van der Waals surface area (Å²) in [6.45, 7) is 6.50. The van der Waals surface area contributed by atoms with Gasteiger partial charge in [-0.15, -0.1) is 0 Å². The first kappa shape index (κ1) is 20.7. The average Bonchev–Trinajstić information content (AvgIpc) is 3.05. The lowest BCUT2D eigenvalue weighted by atomic mass is 9.96. The third-order valence-electron chi connectivity index (χ3n) is 5.07. The Morgan fingerprint density at radius 3 is 2.57 bits per heavy atom. The second-order valence-corrected chi connectivity index (χ2v) is 8.83. The molecular weight excluding hydrogens is 382 g/mol. The zero-order valence-corrected chi connectivity index (χ0v) is 17.7. The number of carbonyl (C=O) groups excluding carboxylic acids is 2. The second kappa shape index (κ2) is 8.15. The first-order valence-electron chi connectivity index (χ1n) is 9.72. The van der Waals surface area contributed by atoms with Crippen molar-refractivity contribution in [1.29, 1.82) is 0 Å². The molecule has 7 nitrogen and oxygen atoms in total. The van der Waals surface area contributed by atoms with Crippen molar-refractivity contribution in [3.63, 3.8) is 0 Å². The molecule has 28 heavy (non-hydrogen) atoms. The summed E-state index contributed by atoms with van der Waals surface area (Å²) in [6.07, 6.45) is 3.47. The van der Waals surface area contributed by atoms with E-state index < -0.39 is 5.60 Å². The molecule has 2 fully saturated rings. The molecule has 154 valence electrons. The number of ether oxygens (including phenoxy) is 2. The Balaban J connectivity index is 1.66. The Morgan fingerprint density at radius 2 is 1.96 bits per heavy atom. The number of likely N-dealkylation sites (N-methyl/N-ethyl adjacent to an activating group) is 1. The molecule has 1 aliphatic heterocycles. The fourth-order valence-electron chi connectivity index (χ4n) is 3.21. The molecule has 8 heteroatoms. The van der Waals surface area contributed by atoms with Crippen molar-refractivity contribution in [2.24, 2.45) is 0 Å². The number of pyridine rings is 1. The Bertz CT molecular complexity index is 745. The summed E-state index contributed by atoms with van der Waals surface area (Å²) in [5.41, 5.74) is -0.140. The van der Waals surface area contributed by atoms with Crippen LogP contribution >= 0.6 is 11.6 Å². The van der Waals surface area contributed by atoms with E-state index in [1.807, 2.05) is 20.8 Å². The topological polar surface area (TPSA) is 72.0 Å². The van der Waals surface area contributed by atoms with Crippen LogP contribution in [-0.2, 0) is 4.74 Å². The van der Waals surface area contributed by atoms with Gasteiger partial charge in [0.05, 0.1) is 6.04 Å². The molecule has 1 saturated carbocycles. The molecule has 1 aromatic rings. The van der Waals surface area contributed by atoms with Crippen LogP contribution in [0.4, 0.5) is 4.79 Å². The summed E-state index contributed by atoms with van der Waals surface area (Å²) >= 11 is 6.00. The minimum Gasteiger partial charge on any atom is -0.474 e. The Labute approximate surface area is 170 Å². The zero-order valence-electron chi connectivity index (χ0n) is 16.9. The van der Waals surface area contributed by atoms with Crippen molar-refractivity contribution in [3.8, 4) is 5.88 Å². The van der Waals surface area contributed by atoms with Gasteiger partial charge in [-0.25, -0.2) is 9.78 Å². The highest BCUT2D eigenvalue weighted by Gasteiger charge is 2.34. The quantitative estimate of drug-likeness (QED) is 0.708. The van der Waals surface area contributed by atoms with Crippen LogP contribution in [-0.4, -0.2) is 64.7 Å². The molecule has 0 aromatic carbocycles. The normalized spacial score (nSPS) is 19.9. The third-order valence-corrected chi connectivity index (χ3v) is 5.28. The van der Waals surface area contributed by atoms with Crippen molar-refractivity contribution in [1.82, 2.24) is 14.8 Å². The lowest BCUT2D eigenvalue weighted by molar-refractivity contribution is 0.0226. The first-order chi connectivity index (χ1) is 13.1. The minimum absolute atomic E-state index is 0.0879. The molecule has 0 bridgehead atoms. The van der Waals surface area contributed by atoms with Gasteiger partial charge in [0, 0.05) is 20.1 Å². The number of amides is 2. The summed E-state index contributed by atoms with van der Waals surface area (Å²) in [7, 11) is 1.71. The van der Waals surface area contributed by atoms with Gasteiger partial charge in [0.15, 0.2) is 0 Å². The highest BCUT2D eigenvalue weighted by atomic mass is 35.5. The number of rotatable bonds is 4. The fourth-order valence-corrected chi connectivity index (χ4v) is 3.35. The van der Waals surface area contributed by atoms with E-state index >= 15 is 0 Å². The molecule has 2 aliphatic rings. The standard InChI is InChI=1S/C20H28ClN3O4/c1-20(2,3)28-19(26)23(4)13-10-11-24(12-13)18(25)15-8-9-16(21)22-17(15)27-14-6-5-7-14/h8-9,13-14H,5-7,10-12H2,1-4H3/t13-/m1/s1. The highest BCUT2D eigenvalue weighted by molar-refractivity contribution is 6.29. The van der Waals surface area contributed by atoms with Crippen LogP contribution in [0.3, 0.4) is 0 Å². The number of aromatic nitrogens is 1. The molecule has 1 saturated heterocycles. The van der Waals surface area contributed by atoms with Crippen LogP contribution < -0.4 is 4.74 Å². The number of hydrogen-bond acceptors (Lipinski definition) is 5. The summed E-state index contributed by atoms with van der Waals surface area (Å²) in [5, 5.41) is 0.301. The van der Waals surface area contributed by atoms with E-state index in [-0.39, 0.29) is 24.1 Å². The van der Waals surface area contributed by atoms with Gasteiger partial charge in [0.2, 0.25) is 5.88 Å². The lowest BCUT2D eigenvalue weighted by Gasteiger charge is -2.29. The van der Waals surface area contributed by atoms with Crippen LogP contribution in [0.15, 0.2) is 12.1 Å². The van der Waals surface area contributed by atoms with E-state index in [4.69, 9.17) is 21.1 Å². The molecule has 1 aromatic heterocycles. The summed E-state index contributed by atoms with van der Waals surface area (Å²) < 4.78 is 11.3. The van der Waals surface area contributed by atoms with Crippen molar-refractivity contribution in [2.75, 3.05) is 20.1 Å². The average molecular weight is 410 g/mol. The SMILES string of the molecule is CN(C(=O)OC(C)(C)C)[C@@H]1CCN(C(=O)c2ccc(Cl)nc2OC2CCC2)C1. The number of halogens is 1. The molecule has 0 spiro atoms. The molecule has 1 aliphatic carbocycles. The monoisotopic (exact) mass is 409 g/mol. The number of likely N-dealkylation sites (tertiary alicyclic amines) is 1. The largest absolute Gasteiger partial charge is 0.474 e. The van der Waals surface area contributed by atoms with Crippen molar-refractivity contribution in [2.45, 2.75) is 64.2 Å². The van der Waals surface area contributed by atoms with E-state index in [1.165, 1.54) is 0 Å². The van der Waals surface area contributed by atoms with Gasteiger partial charge in [-0.3, -0.25) is 4.79 Å². The van der Waals surface area contributed by atoms with Crippen molar-refractivity contribution >= 4 is 23.6 Å². The molecule has 0 N–H and O–H groups in total. The minimum atomic E-state index is -0.553. The molecule has 0 radical (unpaired) electrons. The van der Waals surface area contributed by atoms with Gasteiger partial charge in [-0.05, 0) is 58.6 Å². The van der Waals surface area contributed by atoms with Crippen molar-refractivity contribution < 1.29 is 19.1 Å². The Kier molecular flexibility index (Phi) is 6.03. The zero-order chi connectivity index (χ0) is 20.5. The number of carbonyl (C=O) groups is 2. The predicted octanol–water partition coefficient (Wildman–Crippen LogP) is 3.75. The third kappa shape index (κ3) is 4.87. The smallest absolute Gasteiger partial charge is 0.410 e. The van der Waals surface area contributed by atoms with Crippen LogP contribution in [0.1, 0.15) is 56.8 Å². The van der Waals surface area contributed by atoms with E-state index in [2.05, 4.69) is 4.98 Å². The van der Waals surface area contributed by atoms with Gasteiger partial charge >= 0.3 is 6.09 Å². The maximum absolute atomic E-state index is 13.1. The van der Waals surface area contributed by atoms with Gasteiger partial charge < -0.3 is 19.3 Å². The van der Waals surface area contributed by atoms with Crippen molar-refractivity contribution in [3.05, 3.63) is 22.8 Å². The molecule has 0 unspecified atom stereocenters. The second-order valence-electron chi connectivity index (χ2n) is 8.44. The van der Waals surface area contributed by atoms with E-state index in [0.29, 0.717) is 36.1 Å². The first-order valence-corrected chi connectivity index (χ1v) is 10.1. The number of nitrogens with zero attached hydrogens (tertiary/aromatic N) is 3. The van der Waals surface area contributed by atoms with Gasteiger partial charge in [-0.2, -0.15) is 0 Å². The lowest BCUT2D eigenvalue weighted by Crippen LogP contribution is -2.42. The maximum atomic E-state index is 13.1. The van der Waals surface area contributed by atoms with E-state index in [0.717, 1.165) is 19.3 Å². The summed E-state index contributed by atoms with van der Waals surface area (Å²) in [4.78, 5) is 32.9. The molecule has 2 amide bonds. The predicted molar refractivity (Wildman–Crippen MR) is 106 cm³/mol. The highest BCUT2D eigenvalue weighted by Crippen LogP contribution is 2.29. The fraction of sp³-hybridized carbons (Fsp3) is 0.650. The number of hydrogen-bond donors (Lipinski definition) is 0. The summed E-state index contributed by atoms with van der Waals surface area (Å²) in [6, 6.07) is 3.18. The van der Waals surface area contributed by atoms with E-state index in [9.17, 15) is 9.59 Å². The van der Waals surface area contributed by atoms with Gasteiger partial charge in [0.25, 0.3) is 5.91 Å².